The molecule has 0 fully saturated rings. The fourth-order valence-electron chi connectivity index (χ4n) is 1.67. The first-order valence-corrected chi connectivity index (χ1v) is 5.77. The van der Waals surface area contributed by atoms with Crippen LogP contribution in [0.2, 0.25) is 0 Å². The Kier molecular flexibility index (Phi) is 4.96. The highest BCUT2D eigenvalue weighted by Crippen LogP contribution is 2.16. The Hall–Kier alpha value is -1.56. The molecule has 1 aromatic rings. The van der Waals surface area contributed by atoms with Crippen molar-refractivity contribution in [1.29, 1.82) is 0 Å². The zero-order valence-electron chi connectivity index (χ0n) is 10.7. The van der Waals surface area contributed by atoms with Gasteiger partial charge in [-0.3, -0.25) is 4.68 Å². The van der Waals surface area contributed by atoms with E-state index < -0.39 is 6.03 Å². The largest absolute Gasteiger partial charge is 0.352 e. The molecule has 0 aliphatic carbocycles. The van der Waals surface area contributed by atoms with E-state index in [1.165, 1.54) is 5.56 Å². The fourth-order valence-corrected chi connectivity index (χ4v) is 1.67. The number of carbonyl (C=O) groups excluding carboxylic acids is 1. The minimum atomic E-state index is -0.490. The molecule has 0 unspecified atom stereocenters. The van der Waals surface area contributed by atoms with E-state index in [0.717, 1.165) is 12.2 Å². The molecule has 1 heterocycles. The first-order valence-electron chi connectivity index (χ1n) is 5.77. The number of hydrogen-bond donors (Lipinski definition) is 3. The molecule has 96 valence electrons. The Morgan fingerprint density at radius 1 is 1.53 bits per heavy atom. The van der Waals surface area contributed by atoms with Gasteiger partial charge < -0.3 is 16.4 Å². The van der Waals surface area contributed by atoms with Crippen LogP contribution in [0, 0.1) is 0 Å². The highest BCUT2D eigenvalue weighted by atomic mass is 16.2. The topological polar surface area (TPSA) is 85.0 Å². The predicted octanol–water partition coefficient (Wildman–Crippen LogP) is 0.301. The van der Waals surface area contributed by atoms with Crippen LogP contribution in [-0.4, -0.2) is 28.9 Å². The molecule has 0 atom stereocenters. The molecule has 6 nitrogen and oxygen atoms in total. The minimum Gasteiger partial charge on any atom is -0.352 e. The molecule has 17 heavy (non-hydrogen) atoms. The Morgan fingerprint density at radius 2 is 2.24 bits per heavy atom. The molecule has 1 rings (SSSR count). The summed E-state index contributed by atoms with van der Waals surface area (Å²) in [6.07, 6.45) is 2.02. The second-order valence-corrected chi connectivity index (χ2v) is 4.34. The lowest BCUT2D eigenvalue weighted by Gasteiger charge is -2.07. The van der Waals surface area contributed by atoms with Gasteiger partial charge in [0.1, 0.15) is 0 Å². The molecule has 0 spiro atoms. The van der Waals surface area contributed by atoms with Crippen LogP contribution >= 0.6 is 0 Å². The van der Waals surface area contributed by atoms with Crippen LogP contribution in [0.5, 0.6) is 0 Å². The maximum atomic E-state index is 10.4. The van der Waals surface area contributed by atoms with E-state index in [0.29, 0.717) is 19.0 Å². The quantitative estimate of drug-likeness (QED) is 0.624. The van der Waals surface area contributed by atoms with Crippen LogP contribution in [0.4, 0.5) is 4.79 Å². The zero-order chi connectivity index (χ0) is 12.8. The summed E-state index contributed by atoms with van der Waals surface area (Å²) in [6.45, 7) is 6.23. The summed E-state index contributed by atoms with van der Waals surface area (Å²) in [5, 5.41) is 10.2. The molecule has 4 N–H and O–H groups in total. The summed E-state index contributed by atoms with van der Waals surface area (Å²) in [4.78, 5) is 10.4. The number of nitrogens with two attached hydrogens (primary N) is 1. The molecular weight excluding hydrogens is 218 g/mol. The number of aromatic nitrogens is 2. The highest BCUT2D eigenvalue weighted by Gasteiger charge is 2.10. The average molecular weight is 239 g/mol. The maximum absolute atomic E-state index is 10.4. The molecule has 0 radical (unpaired) electrons. The van der Waals surface area contributed by atoms with Crippen molar-refractivity contribution in [2.75, 3.05) is 13.1 Å². The number of aryl methyl sites for hydroxylation is 1. The van der Waals surface area contributed by atoms with Crippen molar-refractivity contribution >= 4 is 6.03 Å². The number of nitrogens with one attached hydrogen (secondary N) is 2. The third-order valence-electron chi connectivity index (χ3n) is 2.40. The minimum absolute atomic E-state index is 0.414. The van der Waals surface area contributed by atoms with Gasteiger partial charge in [-0.05, 0) is 5.92 Å². The Balaban J connectivity index is 2.38. The molecule has 0 saturated carbocycles. The molecule has 0 aliphatic rings. The molecule has 1 aromatic heterocycles. The van der Waals surface area contributed by atoms with Gasteiger partial charge in [0.05, 0.1) is 5.69 Å². The predicted molar refractivity (Wildman–Crippen MR) is 66.6 cm³/mol. The molecule has 0 aromatic carbocycles. The van der Waals surface area contributed by atoms with Crippen LogP contribution in [0.15, 0.2) is 6.20 Å². The van der Waals surface area contributed by atoms with E-state index in [-0.39, 0.29) is 0 Å². The van der Waals surface area contributed by atoms with Gasteiger partial charge in [-0.25, -0.2) is 4.79 Å². The average Bonchev–Trinajstić information content (AvgIpc) is 2.59. The Bertz CT molecular complexity index is 372. The van der Waals surface area contributed by atoms with Gasteiger partial charge in [0, 0.05) is 38.4 Å². The van der Waals surface area contributed by atoms with E-state index >= 15 is 0 Å². The van der Waals surface area contributed by atoms with Crippen molar-refractivity contribution in [3.05, 3.63) is 17.5 Å². The monoisotopic (exact) mass is 239 g/mol. The Morgan fingerprint density at radius 3 is 2.82 bits per heavy atom. The second-order valence-electron chi connectivity index (χ2n) is 4.34. The van der Waals surface area contributed by atoms with Crippen molar-refractivity contribution < 1.29 is 4.79 Å². The van der Waals surface area contributed by atoms with Gasteiger partial charge >= 0.3 is 6.03 Å². The summed E-state index contributed by atoms with van der Waals surface area (Å²) >= 11 is 0. The van der Waals surface area contributed by atoms with Gasteiger partial charge in [0.2, 0.25) is 0 Å². The Labute approximate surface area is 102 Å². The van der Waals surface area contributed by atoms with Crippen LogP contribution in [0.3, 0.4) is 0 Å². The first-order chi connectivity index (χ1) is 8.00. The van der Waals surface area contributed by atoms with Crippen molar-refractivity contribution in [3.63, 3.8) is 0 Å². The smallest absolute Gasteiger partial charge is 0.312 e. The molecule has 0 aliphatic heterocycles. The van der Waals surface area contributed by atoms with E-state index in [4.69, 9.17) is 5.73 Å². The number of primary amides is 1. The lowest BCUT2D eigenvalue weighted by atomic mass is 10.1. The van der Waals surface area contributed by atoms with E-state index in [9.17, 15) is 4.79 Å². The fraction of sp³-hybridized carbons (Fsp3) is 0.636. The zero-order valence-corrected chi connectivity index (χ0v) is 10.7. The summed E-state index contributed by atoms with van der Waals surface area (Å²) in [5.74, 6) is 0.414. The van der Waals surface area contributed by atoms with Crippen LogP contribution in [-0.2, 0) is 13.6 Å². The van der Waals surface area contributed by atoms with Gasteiger partial charge in [0.15, 0.2) is 0 Å². The van der Waals surface area contributed by atoms with Crippen LogP contribution in [0.1, 0.15) is 31.0 Å². The van der Waals surface area contributed by atoms with Crippen molar-refractivity contribution in [2.24, 2.45) is 12.8 Å². The molecule has 2 amide bonds. The van der Waals surface area contributed by atoms with Crippen molar-refractivity contribution in [2.45, 2.75) is 26.3 Å². The number of nitrogens with zero attached hydrogens (tertiary/aromatic N) is 2. The van der Waals surface area contributed by atoms with Crippen molar-refractivity contribution in [3.8, 4) is 0 Å². The summed E-state index contributed by atoms with van der Waals surface area (Å²) in [6, 6.07) is -0.490. The first kappa shape index (κ1) is 13.5. The molecule has 6 heteroatoms. The van der Waals surface area contributed by atoms with E-state index in [1.807, 2.05) is 17.9 Å². The lowest BCUT2D eigenvalue weighted by Crippen LogP contribution is -2.35. The SMILES string of the molecule is CC(C)c1nn(C)cc1CNCCNC(N)=O. The summed E-state index contributed by atoms with van der Waals surface area (Å²) in [7, 11) is 1.92. The van der Waals surface area contributed by atoms with Gasteiger partial charge in [-0.15, -0.1) is 0 Å². The van der Waals surface area contributed by atoms with E-state index in [1.54, 1.807) is 0 Å². The van der Waals surface area contributed by atoms with Crippen molar-refractivity contribution in [1.82, 2.24) is 20.4 Å². The third kappa shape index (κ3) is 4.44. The molecular formula is C11H21N5O. The highest BCUT2D eigenvalue weighted by molar-refractivity contribution is 5.71. The number of urea groups is 1. The number of amides is 2. The third-order valence-corrected chi connectivity index (χ3v) is 2.40. The second kappa shape index (κ2) is 6.24. The number of rotatable bonds is 6. The summed E-state index contributed by atoms with van der Waals surface area (Å²) in [5.41, 5.74) is 7.27. The van der Waals surface area contributed by atoms with Gasteiger partial charge in [0.25, 0.3) is 0 Å². The standard InChI is InChI=1S/C11H21N5O/c1-8(2)10-9(7-16(3)15-10)6-13-4-5-14-11(12)17/h7-8,13H,4-6H2,1-3H3,(H3,12,14,17). The maximum Gasteiger partial charge on any atom is 0.312 e. The van der Waals surface area contributed by atoms with E-state index in [2.05, 4.69) is 29.6 Å². The normalized spacial score (nSPS) is 10.8. The van der Waals surface area contributed by atoms with Gasteiger partial charge in [-0.1, -0.05) is 13.8 Å². The van der Waals surface area contributed by atoms with Crippen LogP contribution in [0.25, 0.3) is 0 Å². The lowest BCUT2D eigenvalue weighted by molar-refractivity contribution is 0.249. The summed E-state index contributed by atoms with van der Waals surface area (Å²) < 4.78 is 1.83. The number of hydrogen-bond acceptors (Lipinski definition) is 3. The number of carbonyl (C=O) groups is 1. The molecule has 0 bridgehead atoms. The molecule has 0 saturated heterocycles. The van der Waals surface area contributed by atoms with Gasteiger partial charge in [-0.2, -0.15) is 5.10 Å². The van der Waals surface area contributed by atoms with Crippen LogP contribution < -0.4 is 16.4 Å².